The molecule has 1 aromatic rings. The average molecular weight is 294 g/mol. The van der Waals surface area contributed by atoms with Gasteiger partial charge in [-0.2, -0.15) is 0 Å². The van der Waals surface area contributed by atoms with E-state index in [-0.39, 0.29) is 5.75 Å². The van der Waals surface area contributed by atoms with Crippen LogP contribution in [0.4, 0.5) is 0 Å². The van der Waals surface area contributed by atoms with Gasteiger partial charge in [-0.1, -0.05) is 19.9 Å². The second kappa shape index (κ2) is 9.64. The van der Waals surface area contributed by atoms with Crippen molar-refractivity contribution >= 4 is 0 Å². The highest BCUT2D eigenvalue weighted by Gasteiger charge is 2.06. The number of benzene rings is 1. The van der Waals surface area contributed by atoms with Gasteiger partial charge >= 0.3 is 0 Å². The first kappa shape index (κ1) is 17.8. The zero-order chi connectivity index (χ0) is 15.7. The van der Waals surface area contributed by atoms with Gasteiger partial charge in [-0.05, 0) is 57.1 Å². The summed E-state index contributed by atoms with van der Waals surface area (Å²) in [6.45, 7) is 10.9. The number of phenols is 1. The smallest absolute Gasteiger partial charge is 0.160 e. The Bertz CT molecular complexity index is 406. The fourth-order valence-corrected chi connectivity index (χ4v) is 2.39. The van der Waals surface area contributed by atoms with E-state index in [4.69, 9.17) is 4.74 Å². The molecular formula is C17H30N2O2. The van der Waals surface area contributed by atoms with Gasteiger partial charge in [0.2, 0.25) is 0 Å². The number of ether oxygens (including phenoxy) is 1. The van der Waals surface area contributed by atoms with Gasteiger partial charge in [0.1, 0.15) is 0 Å². The van der Waals surface area contributed by atoms with Crippen LogP contribution in [0, 0.1) is 0 Å². The number of phenolic OH excluding ortho intramolecular Hbond substituents is 1. The molecule has 0 amide bonds. The number of hydrogen-bond acceptors (Lipinski definition) is 4. The van der Waals surface area contributed by atoms with Crippen LogP contribution in [0.15, 0.2) is 18.2 Å². The molecule has 2 N–H and O–H groups in total. The van der Waals surface area contributed by atoms with Gasteiger partial charge in [0.25, 0.3) is 0 Å². The van der Waals surface area contributed by atoms with E-state index in [9.17, 15) is 5.11 Å². The molecule has 120 valence electrons. The molecule has 1 atom stereocenters. The molecule has 0 heterocycles. The summed E-state index contributed by atoms with van der Waals surface area (Å²) < 4.78 is 5.13. The Morgan fingerprint density at radius 3 is 2.62 bits per heavy atom. The fraction of sp³-hybridized carbons (Fsp3) is 0.647. The van der Waals surface area contributed by atoms with Crippen LogP contribution in [0.2, 0.25) is 0 Å². The van der Waals surface area contributed by atoms with E-state index in [1.807, 2.05) is 12.1 Å². The quantitative estimate of drug-likeness (QED) is 0.696. The lowest BCUT2D eigenvalue weighted by Crippen LogP contribution is -2.28. The Kier molecular flexibility index (Phi) is 8.16. The van der Waals surface area contributed by atoms with Crippen LogP contribution >= 0.6 is 0 Å². The van der Waals surface area contributed by atoms with Crippen LogP contribution in [-0.4, -0.2) is 42.8 Å². The van der Waals surface area contributed by atoms with Crippen molar-refractivity contribution in [2.75, 3.05) is 26.7 Å². The Morgan fingerprint density at radius 2 is 2.00 bits per heavy atom. The summed E-state index contributed by atoms with van der Waals surface area (Å²) in [6, 6.07) is 5.97. The minimum atomic E-state index is 0.188. The molecule has 0 bridgehead atoms. The van der Waals surface area contributed by atoms with E-state index < -0.39 is 0 Å². The third-order valence-corrected chi connectivity index (χ3v) is 3.90. The van der Waals surface area contributed by atoms with Crippen molar-refractivity contribution in [2.45, 2.75) is 46.2 Å². The van der Waals surface area contributed by atoms with Crippen molar-refractivity contribution in [3.05, 3.63) is 23.8 Å². The molecule has 0 saturated carbocycles. The molecule has 0 aliphatic carbocycles. The summed E-state index contributed by atoms with van der Waals surface area (Å²) in [6.07, 6.45) is 2.39. The van der Waals surface area contributed by atoms with Crippen molar-refractivity contribution in [1.82, 2.24) is 10.2 Å². The van der Waals surface area contributed by atoms with E-state index in [0.717, 1.165) is 25.2 Å². The lowest BCUT2D eigenvalue weighted by Gasteiger charge is -2.20. The van der Waals surface area contributed by atoms with Crippen LogP contribution in [0.3, 0.4) is 0 Å². The second-order valence-electron chi connectivity index (χ2n) is 5.46. The number of aromatic hydroxyl groups is 1. The first-order valence-electron chi connectivity index (χ1n) is 7.92. The molecule has 0 aliphatic rings. The topological polar surface area (TPSA) is 44.7 Å². The first-order valence-corrected chi connectivity index (χ1v) is 7.92. The van der Waals surface area contributed by atoms with E-state index in [0.29, 0.717) is 11.8 Å². The second-order valence-corrected chi connectivity index (χ2v) is 5.46. The molecule has 0 saturated heterocycles. The number of rotatable bonds is 10. The SMILES string of the molecule is CCN(CC)CCCC(C)NCc1ccc(O)c(OC)c1. The predicted molar refractivity (Wildman–Crippen MR) is 88.0 cm³/mol. The molecule has 0 aliphatic heterocycles. The molecule has 1 unspecified atom stereocenters. The highest BCUT2D eigenvalue weighted by Crippen LogP contribution is 2.26. The van der Waals surface area contributed by atoms with Crippen LogP contribution in [0.5, 0.6) is 11.5 Å². The van der Waals surface area contributed by atoms with Crippen LogP contribution < -0.4 is 10.1 Å². The van der Waals surface area contributed by atoms with Gasteiger partial charge < -0.3 is 20.1 Å². The van der Waals surface area contributed by atoms with E-state index in [1.165, 1.54) is 19.4 Å². The highest BCUT2D eigenvalue weighted by atomic mass is 16.5. The summed E-state index contributed by atoms with van der Waals surface area (Å²) in [5.74, 6) is 0.719. The van der Waals surface area contributed by atoms with Gasteiger partial charge in [0.15, 0.2) is 11.5 Å². The Morgan fingerprint density at radius 1 is 1.29 bits per heavy atom. The molecule has 21 heavy (non-hydrogen) atoms. The average Bonchev–Trinajstić information content (AvgIpc) is 2.50. The van der Waals surface area contributed by atoms with Crippen LogP contribution in [0.1, 0.15) is 39.2 Å². The van der Waals surface area contributed by atoms with Crippen molar-refractivity contribution < 1.29 is 9.84 Å². The molecule has 4 nitrogen and oxygen atoms in total. The maximum atomic E-state index is 9.58. The molecule has 0 spiro atoms. The van der Waals surface area contributed by atoms with Gasteiger partial charge in [0.05, 0.1) is 7.11 Å². The number of nitrogens with zero attached hydrogens (tertiary/aromatic N) is 1. The Hall–Kier alpha value is -1.26. The fourth-order valence-electron chi connectivity index (χ4n) is 2.39. The summed E-state index contributed by atoms with van der Waals surface area (Å²) in [5, 5.41) is 13.1. The standard InChI is InChI=1S/C17H30N2O2/c1-5-19(6-2)11-7-8-14(3)18-13-15-9-10-16(20)17(12-15)21-4/h9-10,12,14,18,20H,5-8,11,13H2,1-4H3. The normalized spacial score (nSPS) is 12.6. The minimum absolute atomic E-state index is 0.188. The summed E-state index contributed by atoms with van der Waals surface area (Å²) in [4.78, 5) is 2.46. The zero-order valence-corrected chi connectivity index (χ0v) is 13.9. The maximum Gasteiger partial charge on any atom is 0.160 e. The molecular weight excluding hydrogens is 264 g/mol. The van der Waals surface area contributed by atoms with E-state index >= 15 is 0 Å². The third-order valence-electron chi connectivity index (χ3n) is 3.90. The molecule has 0 aromatic heterocycles. The largest absolute Gasteiger partial charge is 0.504 e. The van der Waals surface area contributed by atoms with Crippen molar-refractivity contribution in [1.29, 1.82) is 0 Å². The Balaban J connectivity index is 2.31. The first-order chi connectivity index (χ1) is 10.1. The van der Waals surface area contributed by atoms with Crippen LogP contribution in [-0.2, 0) is 6.54 Å². The van der Waals surface area contributed by atoms with Gasteiger partial charge in [-0.3, -0.25) is 0 Å². The van der Waals surface area contributed by atoms with Crippen LogP contribution in [0.25, 0.3) is 0 Å². The molecule has 1 rings (SSSR count). The van der Waals surface area contributed by atoms with Gasteiger partial charge in [-0.25, -0.2) is 0 Å². The lowest BCUT2D eigenvalue weighted by molar-refractivity contribution is 0.290. The number of hydrogen-bond donors (Lipinski definition) is 2. The van der Waals surface area contributed by atoms with Crippen molar-refractivity contribution in [3.8, 4) is 11.5 Å². The molecule has 0 radical (unpaired) electrons. The number of methoxy groups -OCH3 is 1. The van der Waals surface area contributed by atoms with Gasteiger partial charge in [-0.15, -0.1) is 0 Å². The van der Waals surface area contributed by atoms with E-state index in [2.05, 4.69) is 31.0 Å². The summed E-state index contributed by atoms with van der Waals surface area (Å²) in [7, 11) is 1.57. The molecule has 1 aromatic carbocycles. The predicted octanol–water partition coefficient (Wildman–Crippen LogP) is 3.00. The Labute approximate surface area is 129 Å². The van der Waals surface area contributed by atoms with Gasteiger partial charge in [0, 0.05) is 12.6 Å². The molecule has 0 fully saturated rings. The molecule has 4 heteroatoms. The number of nitrogens with one attached hydrogen (secondary N) is 1. The summed E-state index contributed by atoms with van der Waals surface area (Å²) in [5.41, 5.74) is 1.13. The lowest BCUT2D eigenvalue weighted by atomic mass is 10.1. The maximum absolute atomic E-state index is 9.58. The highest BCUT2D eigenvalue weighted by molar-refractivity contribution is 5.41. The zero-order valence-electron chi connectivity index (χ0n) is 13.9. The van der Waals surface area contributed by atoms with Crippen molar-refractivity contribution in [3.63, 3.8) is 0 Å². The van der Waals surface area contributed by atoms with Crippen molar-refractivity contribution in [2.24, 2.45) is 0 Å². The third kappa shape index (κ3) is 6.36. The minimum Gasteiger partial charge on any atom is -0.504 e. The monoisotopic (exact) mass is 294 g/mol. The summed E-state index contributed by atoms with van der Waals surface area (Å²) >= 11 is 0. The van der Waals surface area contributed by atoms with E-state index in [1.54, 1.807) is 13.2 Å².